The zero-order chi connectivity index (χ0) is 15.5. The summed E-state index contributed by atoms with van der Waals surface area (Å²) in [5.74, 6) is -3.01. The van der Waals surface area contributed by atoms with E-state index in [-0.39, 0.29) is 18.9 Å². The summed E-state index contributed by atoms with van der Waals surface area (Å²) in [5.41, 5.74) is 0. The van der Waals surface area contributed by atoms with E-state index < -0.39 is 30.4 Å². The zero-order valence-electron chi connectivity index (χ0n) is 11.1. The highest BCUT2D eigenvalue weighted by molar-refractivity contribution is 5.86. The predicted molar refractivity (Wildman–Crippen MR) is 68.1 cm³/mol. The normalized spacial score (nSPS) is 11.2. The van der Waals surface area contributed by atoms with Crippen molar-refractivity contribution in [2.24, 2.45) is 0 Å². The average Bonchev–Trinajstić information content (AvgIpc) is 2.34. The maximum atomic E-state index is 11.3. The highest BCUT2D eigenvalue weighted by atomic mass is 16.4. The third kappa shape index (κ3) is 8.72. The zero-order valence-corrected chi connectivity index (χ0v) is 11.1. The van der Waals surface area contributed by atoms with Gasteiger partial charge in [-0.3, -0.25) is 9.59 Å². The molecule has 3 amide bonds. The Morgan fingerprint density at radius 2 is 1.70 bits per heavy atom. The van der Waals surface area contributed by atoms with Gasteiger partial charge in [0, 0.05) is 19.5 Å². The molecule has 20 heavy (non-hydrogen) atoms. The molecule has 114 valence electrons. The number of aliphatic carboxylic acids is 2. The Balaban J connectivity index is 3.99. The van der Waals surface area contributed by atoms with E-state index in [9.17, 15) is 19.2 Å². The Hall–Kier alpha value is -2.32. The lowest BCUT2D eigenvalue weighted by Gasteiger charge is -2.13. The van der Waals surface area contributed by atoms with Crippen molar-refractivity contribution < 1.29 is 29.4 Å². The first-order valence-electron chi connectivity index (χ1n) is 6.12. The Morgan fingerprint density at radius 1 is 1.05 bits per heavy atom. The second-order valence-electron chi connectivity index (χ2n) is 3.99. The molecule has 5 N–H and O–H groups in total. The number of hydrogen-bond donors (Lipinski definition) is 5. The predicted octanol–water partition coefficient (Wildman–Crippen LogP) is -0.870. The minimum atomic E-state index is -1.51. The molecule has 1 atom stereocenters. The third-order valence-electron chi connectivity index (χ3n) is 2.19. The maximum absolute atomic E-state index is 11.3. The summed E-state index contributed by atoms with van der Waals surface area (Å²) in [5, 5.41) is 24.1. The van der Waals surface area contributed by atoms with Gasteiger partial charge in [-0.25, -0.2) is 9.59 Å². The molecule has 0 aromatic rings. The van der Waals surface area contributed by atoms with Crippen LogP contribution < -0.4 is 16.0 Å². The summed E-state index contributed by atoms with van der Waals surface area (Å²) in [6, 6.07) is -2.34. The van der Waals surface area contributed by atoms with Crippen molar-refractivity contribution in [3.63, 3.8) is 0 Å². The van der Waals surface area contributed by atoms with Gasteiger partial charge < -0.3 is 26.2 Å². The van der Waals surface area contributed by atoms with Crippen LogP contribution in [0.1, 0.15) is 26.2 Å². The van der Waals surface area contributed by atoms with Crippen LogP contribution in [0.3, 0.4) is 0 Å². The molecule has 0 bridgehead atoms. The van der Waals surface area contributed by atoms with E-state index in [0.29, 0.717) is 6.54 Å². The first-order valence-corrected chi connectivity index (χ1v) is 6.12. The number of rotatable bonds is 9. The molecule has 0 aromatic carbocycles. The summed E-state index contributed by atoms with van der Waals surface area (Å²) in [6.45, 7) is 2.48. The van der Waals surface area contributed by atoms with Gasteiger partial charge >= 0.3 is 18.0 Å². The van der Waals surface area contributed by atoms with E-state index in [4.69, 9.17) is 10.2 Å². The van der Waals surface area contributed by atoms with E-state index >= 15 is 0 Å². The molecule has 0 aromatic heterocycles. The number of nitrogens with one attached hydrogen (secondary N) is 3. The topological polar surface area (TPSA) is 145 Å². The number of amides is 3. The number of carbonyl (C=O) groups excluding carboxylic acids is 2. The Labute approximate surface area is 115 Å². The monoisotopic (exact) mass is 289 g/mol. The van der Waals surface area contributed by atoms with Crippen LogP contribution in [0.2, 0.25) is 0 Å². The molecule has 0 heterocycles. The molecule has 0 aliphatic heterocycles. The van der Waals surface area contributed by atoms with Crippen molar-refractivity contribution in [1.29, 1.82) is 0 Å². The van der Waals surface area contributed by atoms with E-state index in [1.54, 1.807) is 0 Å². The third-order valence-corrected chi connectivity index (χ3v) is 2.19. The Kier molecular flexibility index (Phi) is 8.48. The highest BCUT2D eigenvalue weighted by Gasteiger charge is 2.22. The van der Waals surface area contributed by atoms with Crippen LogP contribution in [0.4, 0.5) is 4.79 Å². The molecule has 0 aliphatic rings. The molecule has 0 aliphatic carbocycles. The molecule has 0 fully saturated rings. The molecule has 9 heteroatoms. The van der Waals surface area contributed by atoms with Gasteiger partial charge in [0.25, 0.3) is 0 Å². The minimum absolute atomic E-state index is 0.0286. The molecule has 0 saturated heterocycles. The van der Waals surface area contributed by atoms with Gasteiger partial charge in [0.2, 0.25) is 5.91 Å². The van der Waals surface area contributed by atoms with Crippen LogP contribution in [0.15, 0.2) is 0 Å². The second kappa shape index (κ2) is 9.59. The highest BCUT2D eigenvalue weighted by Crippen LogP contribution is 1.92. The van der Waals surface area contributed by atoms with Gasteiger partial charge in [-0.05, 0) is 6.42 Å². The fourth-order valence-corrected chi connectivity index (χ4v) is 1.23. The van der Waals surface area contributed by atoms with Crippen molar-refractivity contribution in [2.75, 3.05) is 13.1 Å². The first-order chi connectivity index (χ1) is 9.36. The lowest BCUT2D eigenvalue weighted by Crippen LogP contribution is -2.47. The number of carboxylic acids is 2. The summed E-state index contributed by atoms with van der Waals surface area (Å²) in [4.78, 5) is 43.6. The fraction of sp³-hybridized carbons (Fsp3) is 0.636. The molecule has 0 unspecified atom stereocenters. The van der Waals surface area contributed by atoms with Crippen LogP contribution in [0, 0.1) is 0 Å². The number of carboxylic acid groups (broad SMARTS) is 2. The van der Waals surface area contributed by atoms with Crippen molar-refractivity contribution in [3.8, 4) is 0 Å². The van der Waals surface area contributed by atoms with E-state index in [2.05, 4.69) is 10.6 Å². The molecule has 0 saturated carbocycles. The van der Waals surface area contributed by atoms with Crippen molar-refractivity contribution >= 4 is 23.9 Å². The quantitative estimate of drug-likeness (QED) is 0.373. The van der Waals surface area contributed by atoms with Crippen molar-refractivity contribution in [3.05, 3.63) is 0 Å². The van der Waals surface area contributed by atoms with Crippen molar-refractivity contribution in [1.82, 2.24) is 16.0 Å². The summed E-state index contributed by atoms with van der Waals surface area (Å²) < 4.78 is 0. The minimum Gasteiger partial charge on any atom is -0.481 e. The Morgan fingerprint density at radius 3 is 2.20 bits per heavy atom. The van der Waals surface area contributed by atoms with Crippen LogP contribution in [-0.4, -0.2) is 53.2 Å². The largest absolute Gasteiger partial charge is 0.481 e. The Bertz CT molecular complexity index is 371. The SMILES string of the molecule is CCCNC(=O)CCNC(=O)N[C@@H](CC(=O)O)C(=O)O. The van der Waals surface area contributed by atoms with Gasteiger partial charge in [-0.15, -0.1) is 0 Å². The van der Waals surface area contributed by atoms with Crippen LogP contribution >= 0.6 is 0 Å². The van der Waals surface area contributed by atoms with Gasteiger partial charge in [-0.2, -0.15) is 0 Å². The smallest absolute Gasteiger partial charge is 0.326 e. The lowest BCUT2D eigenvalue weighted by molar-refractivity contribution is -0.145. The second-order valence-corrected chi connectivity index (χ2v) is 3.99. The summed E-state index contributed by atoms with van der Waals surface area (Å²) in [7, 11) is 0. The van der Waals surface area contributed by atoms with Gasteiger partial charge in [0.05, 0.1) is 6.42 Å². The number of urea groups is 1. The van der Waals surface area contributed by atoms with E-state index in [1.807, 2.05) is 12.2 Å². The fourth-order valence-electron chi connectivity index (χ4n) is 1.23. The van der Waals surface area contributed by atoms with Gasteiger partial charge in [0.1, 0.15) is 6.04 Å². The molecule has 9 nitrogen and oxygen atoms in total. The molecular formula is C11H19N3O6. The maximum Gasteiger partial charge on any atom is 0.326 e. The first kappa shape index (κ1) is 17.7. The number of carbonyl (C=O) groups is 4. The summed E-state index contributed by atoms with van der Waals surface area (Å²) >= 11 is 0. The molecular weight excluding hydrogens is 270 g/mol. The average molecular weight is 289 g/mol. The van der Waals surface area contributed by atoms with Crippen LogP contribution in [-0.2, 0) is 14.4 Å². The van der Waals surface area contributed by atoms with Crippen LogP contribution in [0.25, 0.3) is 0 Å². The molecule has 0 rings (SSSR count). The van der Waals surface area contributed by atoms with Crippen molar-refractivity contribution in [2.45, 2.75) is 32.2 Å². The molecule has 0 radical (unpaired) electrons. The van der Waals surface area contributed by atoms with Gasteiger partial charge in [-0.1, -0.05) is 6.92 Å². The lowest BCUT2D eigenvalue weighted by atomic mass is 10.2. The standard InChI is InChI=1S/C11H19N3O6/c1-2-4-12-8(15)3-5-13-11(20)14-7(10(18)19)6-9(16)17/h7H,2-6H2,1H3,(H,12,15)(H,16,17)(H,18,19)(H2,13,14,20)/t7-/m0/s1. The van der Waals surface area contributed by atoms with E-state index in [0.717, 1.165) is 6.42 Å². The number of hydrogen-bond acceptors (Lipinski definition) is 4. The van der Waals surface area contributed by atoms with Crippen LogP contribution in [0.5, 0.6) is 0 Å². The summed E-state index contributed by atoms with van der Waals surface area (Å²) in [6.07, 6.45) is 0.138. The molecule has 0 spiro atoms. The van der Waals surface area contributed by atoms with Gasteiger partial charge in [0.15, 0.2) is 0 Å². The van der Waals surface area contributed by atoms with E-state index in [1.165, 1.54) is 0 Å².